The Kier molecular flexibility index (Phi) is 7.78. The number of esters is 1. The molecule has 0 spiro atoms. The molecule has 3 N–H and O–H groups in total. The molecule has 8 heteroatoms. The molecule has 1 aromatic carbocycles. The summed E-state index contributed by atoms with van der Waals surface area (Å²) in [5.74, 6) is 0.291. The maximum atomic E-state index is 14.7. The summed E-state index contributed by atoms with van der Waals surface area (Å²) in [6, 6.07) is 6.33. The van der Waals surface area contributed by atoms with E-state index in [1.807, 2.05) is 6.08 Å². The van der Waals surface area contributed by atoms with Crippen LogP contribution in [-0.2, 0) is 19.1 Å². The van der Waals surface area contributed by atoms with Gasteiger partial charge in [0.1, 0.15) is 6.10 Å². The molecule has 6 rings (SSSR count). The Morgan fingerprint density at radius 1 is 0.935 bits per heavy atom. The number of carbonyl (C=O) groups excluding carboxylic acids is 3. The number of hydrogen-bond acceptors (Lipinski definition) is 6. The number of fused-ring (bicyclic) bond motifs is 7. The van der Waals surface area contributed by atoms with E-state index in [0.717, 1.165) is 51.4 Å². The van der Waals surface area contributed by atoms with Gasteiger partial charge in [0.15, 0.2) is 11.5 Å². The summed E-state index contributed by atoms with van der Waals surface area (Å²) in [7, 11) is 0. The molecule has 0 aromatic heterocycles. The van der Waals surface area contributed by atoms with Crippen molar-refractivity contribution in [3.8, 4) is 0 Å². The number of amides is 1. The Labute approximate surface area is 274 Å². The topological polar surface area (TPSA) is 120 Å². The zero-order valence-corrected chi connectivity index (χ0v) is 29.0. The molecular formula is C38H54N2O6. The first kappa shape index (κ1) is 33.4. The van der Waals surface area contributed by atoms with Crippen LogP contribution in [0.2, 0.25) is 0 Å². The summed E-state index contributed by atoms with van der Waals surface area (Å²) in [5.41, 5.74) is 0.705. The Bertz CT molecular complexity index is 1470. The van der Waals surface area contributed by atoms with Gasteiger partial charge in [-0.05, 0) is 109 Å². The SMILES string of the molecule is CC(=O)OC1CCC2(C)C(CCC3(C)C2C(=O)C=C2C4CC(C)(C(=O)Nc5ccc([NH+]([O-])O)cc5)CCC4(C)CCC23C)C1(C)C. The number of anilines is 1. The van der Waals surface area contributed by atoms with E-state index in [1.165, 1.54) is 24.6 Å². The Morgan fingerprint density at radius 3 is 2.22 bits per heavy atom. The van der Waals surface area contributed by atoms with Crippen molar-refractivity contribution in [2.45, 2.75) is 119 Å². The number of rotatable bonds is 4. The van der Waals surface area contributed by atoms with Crippen LogP contribution in [-0.4, -0.2) is 29.0 Å². The number of ketones is 1. The van der Waals surface area contributed by atoms with Crippen LogP contribution < -0.4 is 10.5 Å². The fourth-order valence-corrected chi connectivity index (χ4v) is 11.8. The molecule has 4 fully saturated rings. The number of benzene rings is 1. The molecule has 10 atom stereocenters. The van der Waals surface area contributed by atoms with Crippen LogP contribution in [0.25, 0.3) is 0 Å². The lowest BCUT2D eigenvalue weighted by Gasteiger charge is -2.70. The zero-order chi connectivity index (χ0) is 33.7. The van der Waals surface area contributed by atoms with Gasteiger partial charge in [0.25, 0.3) is 0 Å². The number of allylic oxidation sites excluding steroid dienone is 2. The summed E-state index contributed by atoms with van der Waals surface area (Å²) in [6.45, 7) is 17.6. The first-order valence-corrected chi connectivity index (χ1v) is 17.4. The molecule has 252 valence electrons. The van der Waals surface area contributed by atoms with Crippen LogP contribution in [0.1, 0.15) is 113 Å². The molecule has 4 saturated carbocycles. The lowest BCUT2D eigenvalue weighted by Crippen LogP contribution is -2.99. The second kappa shape index (κ2) is 10.7. The molecule has 0 heterocycles. The third kappa shape index (κ3) is 4.75. The number of carbonyl (C=O) groups is 3. The lowest BCUT2D eigenvalue weighted by molar-refractivity contribution is -0.991. The molecule has 0 radical (unpaired) electrons. The van der Waals surface area contributed by atoms with Crippen LogP contribution in [0.15, 0.2) is 35.9 Å². The van der Waals surface area contributed by atoms with Crippen molar-refractivity contribution in [3.05, 3.63) is 41.1 Å². The van der Waals surface area contributed by atoms with Crippen molar-refractivity contribution in [1.82, 2.24) is 0 Å². The fraction of sp³-hybridized carbons (Fsp3) is 0.711. The normalized spacial score (nSPS) is 43.5. The standard InChI is InChI=1S/C38H54N2O6/c1-23(41)46-30-14-15-36(6)29(33(30,2)3)13-16-38(8)31(36)28(42)21-26-27-22-35(5,18-17-34(27,4)19-20-37(26,38)7)32(43)39-24-9-11-25(12-10-24)40(44)45/h9-12,21,27,29-31,40,44H,13-20,22H2,1-8H3,(H,39,43). The van der Waals surface area contributed by atoms with Crippen molar-refractivity contribution >= 4 is 29.0 Å². The molecule has 8 nitrogen and oxygen atoms in total. The second-order valence-corrected chi connectivity index (χ2v) is 17.5. The van der Waals surface area contributed by atoms with Crippen molar-refractivity contribution < 1.29 is 29.6 Å². The zero-order valence-electron chi connectivity index (χ0n) is 29.0. The third-order valence-corrected chi connectivity index (χ3v) is 14.8. The molecule has 0 bridgehead atoms. The van der Waals surface area contributed by atoms with Gasteiger partial charge in [-0.25, -0.2) is 5.21 Å². The molecule has 5 aliphatic carbocycles. The molecule has 10 unspecified atom stereocenters. The van der Waals surface area contributed by atoms with Gasteiger partial charge < -0.3 is 15.3 Å². The lowest BCUT2D eigenvalue weighted by atomic mass is 9.33. The second-order valence-electron chi connectivity index (χ2n) is 17.5. The molecule has 0 aliphatic heterocycles. The van der Waals surface area contributed by atoms with E-state index in [2.05, 4.69) is 53.8 Å². The smallest absolute Gasteiger partial charge is 0.302 e. The van der Waals surface area contributed by atoms with E-state index in [9.17, 15) is 24.8 Å². The maximum absolute atomic E-state index is 14.7. The van der Waals surface area contributed by atoms with Gasteiger partial charge in [-0.15, -0.1) is 0 Å². The number of quaternary nitrogens is 1. The average molecular weight is 635 g/mol. The highest BCUT2D eigenvalue weighted by Crippen LogP contribution is 2.75. The first-order chi connectivity index (χ1) is 21.3. The quantitative estimate of drug-likeness (QED) is 0.244. The first-order valence-electron chi connectivity index (χ1n) is 17.4. The van der Waals surface area contributed by atoms with Gasteiger partial charge in [-0.1, -0.05) is 54.0 Å². The van der Waals surface area contributed by atoms with Crippen LogP contribution in [0, 0.1) is 55.5 Å². The van der Waals surface area contributed by atoms with Crippen molar-refractivity contribution in [1.29, 1.82) is 0 Å². The van der Waals surface area contributed by atoms with E-state index in [0.29, 0.717) is 12.1 Å². The van der Waals surface area contributed by atoms with Gasteiger partial charge in [0, 0.05) is 41.5 Å². The maximum Gasteiger partial charge on any atom is 0.302 e. The highest BCUT2D eigenvalue weighted by Gasteiger charge is 2.70. The van der Waals surface area contributed by atoms with Gasteiger partial charge in [-0.3, -0.25) is 14.4 Å². The van der Waals surface area contributed by atoms with E-state index in [1.54, 1.807) is 12.1 Å². The van der Waals surface area contributed by atoms with Crippen LogP contribution >= 0.6 is 0 Å². The highest BCUT2D eigenvalue weighted by atomic mass is 16.8. The van der Waals surface area contributed by atoms with Crippen molar-refractivity contribution in [2.75, 3.05) is 5.32 Å². The molecule has 1 amide bonds. The number of nitrogens with one attached hydrogen (secondary N) is 2. The minimum Gasteiger partial charge on any atom is -0.595 e. The van der Waals surface area contributed by atoms with Crippen LogP contribution in [0.5, 0.6) is 0 Å². The Hall–Kier alpha value is -2.55. The summed E-state index contributed by atoms with van der Waals surface area (Å²) in [6.07, 6.45) is 10.0. The van der Waals surface area contributed by atoms with Crippen molar-refractivity contribution in [2.24, 2.45) is 50.2 Å². The van der Waals surface area contributed by atoms with E-state index >= 15 is 0 Å². The molecular weight excluding hydrogens is 580 g/mol. The number of hydrogen-bond donors (Lipinski definition) is 3. The average Bonchev–Trinajstić information content (AvgIpc) is 2.96. The summed E-state index contributed by atoms with van der Waals surface area (Å²) in [5, 5.41) is 22.6. The van der Waals surface area contributed by atoms with Gasteiger partial charge in [0.2, 0.25) is 5.91 Å². The summed E-state index contributed by atoms with van der Waals surface area (Å²) in [4.78, 5) is 40.6. The van der Waals surface area contributed by atoms with Crippen LogP contribution in [0.3, 0.4) is 0 Å². The van der Waals surface area contributed by atoms with E-state index in [-0.39, 0.29) is 74.3 Å². The summed E-state index contributed by atoms with van der Waals surface area (Å²) >= 11 is 0. The Morgan fingerprint density at radius 2 is 1.59 bits per heavy atom. The fourth-order valence-electron chi connectivity index (χ4n) is 11.8. The molecule has 0 saturated heterocycles. The highest BCUT2D eigenvalue weighted by molar-refractivity contribution is 5.97. The number of ether oxygens (including phenoxy) is 1. The Balaban J connectivity index is 1.32. The third-order valence-electron chi connectivity index (χ3n) is 14.8. The van der Waals surface area contributed by atoms with E-state index in [4.69, 9.17) is 4.74 Å². The van der Waals surface area contributed by atoms with Crippen LogP contribution in [0.4, 0.5) is 11.4 Å². The minimum absolute atomic E-state index is 0.0307. The van der Waals surface area contributed by atoms with Gasteiger partial charge >= 0.3 is 5.97 Å². The summed E-state index contributed by atoms with van der Waals surface area (Å²) < 4.78 is 5.86. The molecule has 1 aromatic rings. The molecule has 46 heavy (non-hydrogen) atoms. The van der Waals surface area contributed by atoms with Crippen molar-refractivity contribution in [3.63, 3.8) is 0 Å². The minimum atomic E-state index is -0.996. The van der Waals surface area contributed by atoms with Gasteiger partial charge in [-0.2, -0.15) is 5.23 Å². The predicted molar refractivity (Wildman–Crippen MR) is 176 cm³/mol. The van der Waals surface area contributed by atoms with Gasteiger partial charge in [0.05, 0.1) is 0 Å². The largest absolute Gasteiger partial charge is 0.595 e. The molecule has 5 aliphatic rings. The van der Waals surface area contributed by atoms with E-state index < -0.39 is 10.6 Å². The predicted octanol–water partition coefficient (Wildman–Crippen LogP) is 6.94. The monoisotopic (exact) mass is 634 g/mol.